The van der Waals surface area contributed by atoms with Crippen LogP contribution in [0.2, 0.25) is 0 Å². The molecule has 0 bridgehead atoms. The van der Waals surface area contributed by atoms with E-state index in [0.29, 0.717) is 17.9 Å². The van der Waals surface area contributed by atoms with Gasteiger partial charge in [0.25, 0.3) is 0 Å². The lowest BCUT2D eigenvalue weighted by molar-refractivity contribution is 0.301. The summed E-state index contributed by atoms with van der Waals surface area (Å²) in [5.74, 6) is 0.415. The lowest BCUT2D eigenvalue weighted by Crippen LogP contribution is -2.37. The first-order valence-electron chi connectivity index (χ1n) is 9.92. The summed E-state index contributed by atoms with van der Waals surface area (Å²) in [5, 5.41) is 22.2. The Morgan fingerprint density at radius 3 is 2.66 bits per heavy atom. The van der Waals surface area contributed by atoms with Crippen LogP contribution in [0.4, 0.5) is 5.82 Å². The van der Waals surface area contributed by atoms with Crippen molar-refractivity contribution in [2.24, 2.45) is 7.05 Å². The molecule has 1 aliphatic heterocycles. The number of aromatic nitrogens is 6. The first-order valence-corrected chi connectivity index (χ1v) is 9.92. The molecular formula is C21H24N8. The first kappa shape index (κ1) is 17.8. The van der Waals surface area contributed by atoms with Gasteiger partial charge in [0.1, 0.15) is 5.82 Å². The van der Waals surface area contributed by atoms with E-state index in [1.807, 2.05) is 36.4 Å². The molecule has 4 aromatic rings. The molecule has 148 valence electrons. The molecule has 3 aromatic heterocycles. The molecule has 1 fully saturated rings. The summed E-state index contributed by atoms with van der Waals surface area (Å²) in [6, 6.07) is 8.74. The van der Waals surface area contributed by atoms with Crippen LogP contribution in [0.5, 0.6) is 0 Å². The summed E-state index contributed by atoms with van der Waals surface area (Å²) in [5.41, 5.74) is 10.9. The van der Waals surface area contributed by atoms with Gasteiger partial charge in [0.2, 0.25) is 0 Å². The highest BCUT2D eigenvalue weighted by Crippen LogP contribution is 2.37. The number of nitrogens with two attached hydrogens (primary N) is 1. The number of aryl methyl sites for hydroxylation is 1. The maximum Gasteiger partial charge on any atom is 0.146 e. The fraction of sp³-hybridized carbons (Fsp3) is 0.333. The predicted molar refractivity (Wildman–Crippen MR) is 113 cm³/mol. The summed E-state index contributed by atoms with van der Waals surface area (Å²) < 4.78 is 4.00. The summed E-state index contributed by atoms with van der Waals surface area (Å²) in [6.45, 7) is 3.22. The maximum absolute atomic E-state index is 5.75. The van der Waals surface area contributed by atoms with E-state index >= 15 is 0 Å². The molecule has 0 radical (unpaired) electrons. The quantitative estimate of drug-likeness (QED) is 0.560. The van der Waals surface area contributed by atoms with Gasteiger partial charge in [-0.2, -0.15) is 10.2 Å². The number of anilines is 1. The second-order valence-corrected chi connectivity index (χ2v) is 7.79. The number of rotatable bonds is 3. The van der Waals surface area contributed by atoms with Crippen LogP contribution in [0.3, 0.4) is 0 Å². The number of piperidine rings is 1. The van der Waals surface area contributed by atoms with Gasteiger partial charge in [-0.05, 0) is 50.1 Å². The number of hydrogen-bond donors (Lipinski definition) is 2. The predicted octanol–water partition coefficient (Wildman–Crippen LogP) is 2.79. The van der Waals surface area contributed by atoms with Crippen LogP contribution >= 0.6 is 0 Å². The van der Waals surface area contributed by atoms with Gasteiger partial charge < -0.3 is 11.1 Å². The molecule has 0 unspecified atom stereocenters. The average Bonchev–Trinajstić information content (AvgIpc) is 3.35. The Morgan fingerprint density at radius 2 is 1.93 bits per heavy atom. The molecule has 4 heterocycles. The zero-order valence-electron chi connectivity index (χ0n) is 16.6. The minimum atomic E-state index is 0.341. The van der Waals surface area contributed by atoms with Gasteiger partial charge in [-0.1, -0.05) is 6.07 Å². The molecule has 29 heavy (non-hydrogen) atoms. The molecule has 1 aliphatic rings. The molecule has 5 rings (SSSR count). The Kier molecular flexibility index (Phi) is 4.28. The molecule has 0 amide bonds. The van der Waals surface area contributed by atoms with Crippen LogP contribution in [0.15, 0.2) is 42.9 Å². The summed E-state index contributed by atoms with van der Waals surface area (Å²) in [6.07, 6.45) is 7.98. The number of fused-ring (bicyclic) bond motifs is 1. The monoisotopic (exact) mass is 388 g/mol. The van der Waals surface area contributed by atoms with E-state index in [2.05, 4.69) is 44.4 Å². The highest BCUT2D eigenvalue weighted by atomic mass is 15.3. The number of hydrogen-bond acceptors (Lipinski definition) is 6. The third-order valence-corrected chi connectivity index (χ3v) is 5.68. The van der Waals surface area contributed by atoms with Crippen molar-refractivity contribution in [3.63, 3.8) is 0 Å². The molecule has 1 saturated heterocycles. The molecule has 2 atom stereocenters. The van der Waals surface area contributed by atoms with Crippen molar-refractivity contribution in [3.05, 3.63) is 42.9 Å². The van der Waals surface area contributed by atoms with Gasteiger partial charge in [0.15, 0.2) is 0 Å². The smallest absolute Gasteiger partial charge is 0.146 e. The topological polar surface area (TPSA) is 99.5 Å². The summed E-state index contributed by atoms with van der Waals surface area (Å²) >= 11 is 0. The van der Waals surface area contributed by atoms with E-state index < -0.39 is 0 Å². The van der Waals surface area contributed by atoms with Crippen molar-refractivity contribution >= 4 is 16.7 Å². The third kappa shape index (κ3) is 3.15. The van der Waals surface area contributed by atoms with Crippen molar-refractivity contribution in [1.82, 2.24) is 35.1 Å². The summed E-state index contributed by atoms with van der Waals surface area (Å²) in [7, 11) is 1.93. The average molecular weight is 388 g/mol. The van der Waals surface area contributed by atoms with Crippen molar-refractivity contribution in [2.45, 2.75) is 31.8 Å². The molecule has 0 aliphatic carbocycles. The largest absolute Gasteiger partial charge is 0.382 e. The molecular weight excluding hydrogens is 364 g/mol. The number of benzene rings is 1. The van der Waals surface area contributed by atoms with Gasteiger partial charge in [0.05, 0.1) is 29.6 Å². The van der Waals surface area contributed by atoms with E-state index in [-0.39, 0.29) is 0 Å². The normalized spacial score (nSPS) is 19.7. The van der Waals surface area contributed by atoms with E-state index in [9.17, 15) is 0 Å². The zero-order valence-corrected chi connectivity index (χ0v) is 16.6. The van der Waals surface area contributed by atoms with Crippen LogP contribution in [-0.2, 0) is 7.05 Å². The van der Waals surface area contributed by atoms with Crippen LogP contribution < -0.4 is 11.1 Å². The zero-order chi connectivity index (χ0) is 20.0. The fourth-order valence-corrected chi connectivity index (χ4v) is 4.27. The molecule has 8 heteroatoms. The van der Waals surface area contributed by atoms with Crippen LogP contribution in [0.25, 0.3) is 33.3 Å². The van der Waals surface area contributed by atoms with Gasteiger partial charge in [-0.3, -0.25) is 9.36 Å². The van der Waals surface area contributed by atoms with Crippen molar-refractivity contribution in [3.8, 4) is 22.4 Å². The lowest BCUT2D eigenvalue weighted by Gasteiger charge is -2.29. The first-order chi connectivity index (χ1) is 14.1. The second-order valence-electron chi connectivity index (χ2n) is 7.79. The molecule has 3 N–H and O–H groups in total. The third-order valence-electron chi connectivity index (χ3n) is 5.68. The van der Waals surface area contributed by atoms with E-state index in [1.54, 1.807) is 6.07 Å². The Morgan fingerprint density at radius 1 is 1.07 bits per heavy atom. The second kappa shape index (κ2) is 6.97. The number of nitrogens with one attached hydrogen (secondary N) is 1. The molecule has 8 nitrogen and oxygen atoms in total. The SMILES string of the molecule is C[C@@H]1C[C@H](n2ncc3c(-c4cnn(C)c4)ccc(-c4ccc(N)nn4)c32)CCN1. The van der Waals surface area contributed by atoms with Gasteiger partial charge in [-0.25, -0.2) is 0 Å². The standard InChI is InChI=1S/C21H24N8/c1-13-9-15(7-8-23-13)29-21-17(19-5-6-20(22)27-26-19)4-3-16(18(21)11-25-29)14-10-24-28(2)12-14/h3-6,10-13,15,23H,7-9H2,1-2H3,(H2,22,27)/t13-,15-/m1/s1. The van der Waals surface area contributed by atoms with E-state index in [0.717, 1.165) is 52.7 Å². The Bertz CT molecular complexity index is 1160. The van der Waals surface area contributed by atoms with Crippen LogP contribution in [-0.4, -0.2) is 42.3 Å². The van der Waals surface area contributed by atoms with Crippen LogP contribution in [0.1, 0.15) is 25.8 Å². The van der Waals surface area contributed by atoms with E-state index in [4.69, 9.17) is 10.8 Å². The van der Waals surface area contributed by atoms with Gasteiger partial charge >= 0.3 is 0 Å². The van der Waals surface area contributed by atoms with Gasteiger partial charge in [0, 0.05) is 35.8 Å². The Balaban J connectivity index is 1.73. The van der Waals surface area contributed by atoms with Crippen molar-refractivity contribution in [1.29, 1.82) is 0 Å². The highest BCUT2D eigenvalue weighted by molar-refractivity contribution is 6.02. The van der Waals surface area contributed by atoms with Crippen LogP contribution in [0, 0.1) is 0 Å². The minimum Gasteiger partial charge on any atom is -0.382 e. The minimum absolute atomic E-state index is 0.341. The fourth-order valence-electron chi connectivity index (χ4n) is 4.27. The molecule has 1 aromatic carbocycles. The maximum atomic E-state index is 5.75. The van der Waals surface area contributed by atoms with Crippen molar-refractivity contribution in [2.75, 3.05) is 12.3 Å². The number of nitrogens with zero attached hydrogens (tertiary/aromatic N) is 6. The summed E-state index contributed by atoms with van der Waals surface area (Å²) in [4.78, 5) is 0. The molecule has 0 spiro atoms. The van der Waals surface area contributed by atoms with E-state index in [1.165, 1.54) is 0 Å². The van der Waals surface area contributed by atoms with Gasteiger partial charge in [-0.15, -0.1) is 10.2 Å². The molecule has 0 saturated carbocycles. The number of nitrogen functional groups attached to an aromatic ring is 1. The van der Waals surface area contributed by atoms with Crippen molar-refractivity contribution < 1.29 is 0 Å². The Labute approximate surface area is 168 Å². The highest BCUT2D eigenvalue weighted by Gasteiger charge is 2.24. The lowest BCUT2D eigenvalue weighted by atomic mass is 9.97. The Hall–Kier alpha value is -3.26.